The van der Waals surface area contributed by atoms with Crippen molar-refractivity contribution in [2.75, 3.05) is 0 Å². The molecular formula is C8H13ClO3. The van der Waals surface area contributed by atoms with E-state index in [9.17, 15) is 9.59 Å². The Kier molecular flexibility index (Phi) is 4.90. The molecule has 2 unspecified atom stereocenters. The van der Waals surface area contributed by atoms with Gasteiger partial charge in [0.25, 0.3) is 0 Å². The Bertz CT molecular complexity index is 159. The van der Waals surface area contributed by atoms with E-state index in [1.165, 1.54) is 0 Å². The van der Waals surface area contributed by atoms with Gasteiger partial charge in [0, 0.05) is 5.92 Å². The van der Waals surface area contributed by atoms with Crippen LogP contribution in [0.4, 0.5) is 0 Å². The second-order valence-corrected chi connectivity index (χ2v) is 3.04. The van der Waals surface area contributed by atoms with Crippen LogP contribution in [-0.2, 0) is 9.59 Å². The zero-order chi connectivity index (χ0) is 9.72. The predicted molar refractivity (Wildman–Crippen MR) is 46.1 cm³/mol. The fraction of sp³-hybridized carbons (Fsp3) is 0.750. The molecule has 0 bridgehead atoms. The molecule has 0 aromatic rings. The summed E-state index contributed by atoms with van der Waals surface area (Å²) in [4.78, 5) is 21.4. The zero-order valence-corrected chi connectivity index (χ0v) is 7.97. The van der Waals surface area contributed by atoms with Crippen LogP contribution in [0.1, 0.15) is 26.7 Å². The monoisotopic (exact) mass is 192 g/mol. The minimum absolute atomic E-state index is 0.437. The molecule has 0 aliphatic rings. The van der Waals surface area contributed by atoms with Gasteiger partial charge in [-0.1, -0.05) is 13.8 Å². The molecule has 4 heteroatoms. The minimum Gasteiger partial charge on any atom is -0.481 e. The minimum atomic E-state index is -0.946. The van der Waals surface area contributed by atoms with Crippen molar-refractivity contribution in [2.24, 2.45) is 11.8 Å². The Morgan fingerprint density at radius 2 is 1.67 bits per heavy atom. The van der Waals surface area contributed by atoms with Gasteiger partial charge in [0.15, 0.2) is 0 Å². The predicted octanol–water partition coefficient (Wildman–Crippen LogP) is 1.89. The zero-order valence-electron chi connectivity index (χ0n) is 7.21. The lowest BCUT2D eigenvalue weighted by Crippen LogP contribution is -2.26. The first-order valence-electron chi connectivity index (χ1n) is 3.96. The molecule has 12 heavy (non-hydrogen) atoms. The third-order valence-electron chi connectivity index (χ3n) is 1.97. The van der Waals surface area contributed by atoms with Gasteiger partial charge in [-0.15, -0.1) is 0 Å². The fourth-order valence-corrected chi connectivity index (χ4v) is 1.54. The maximum Gasteiger partial charge on any atom is 0.307 e. The van der Waals surface area contributed by atoms with Gasteiger partial charge in [0.1, 0.15) is 0 Å². The highest BCUT2D eigenvalue weighted by Crippen LogP contribution is 2.22. The average Bonchev–Trinajstić information content (AvgIpc) is 1.98. The highest BCUT2D eigenvalue weighted by molar-refractivity contribution is 6.64. The Hall–Kier alpha value is -0.570. The summed E-state index contributed by atoms with van der Waals surface area (Å²) in [7, 11) is 0. The molecule has 0 rings (SSSR count). The Morgan fingerprint density at radius 1 is 1.25 bits per heavy atom. The molecular weight excluding hydrogens is 180 g/mol. The molecule has 0 aliphatic carbocycles. The quantitative estimate of drug-likeness (QED) is 0.677. The highest BCUT2D eigenvalue weighted by Gasteiger charge is 2.29. The number of carbonyl (C=O) groups excluding carboxylic acids is 1. The van der Waals surface area contributed by atoms with Gasteiger partial charge in [-0.05, 0) is 24.4 Å². The van der Waals surface area contributed by atoms with Crippen molar-refractivity contribution >= 4 is 22.8 Å². The van der Waals surface area contributed by atoms with Gasteiger partial charge in [-0.2, -0.15) is 0 Å². The maximum atomic E-state index is 10.8. The average molecular weight is 193 g/mol. The summed E-state index contributed by atoms with van der Waals surface area (Å²) in [5, 5.41) is 8.16. The molecule has 0 aromatic heterocycles. The maximum absolute atomic E-state index is 10.8. The second kappa shape index (κ2) is 5.14. The lowest BCUT2D eigenvalue weighted by Gasteiger charge is -2.16. The Balaban J connectivity index is 4.44. The number of carbonyl (C=O) groups is 2. The summed E-state index contributed by atoms with van der Waals surface area (Å²) in [5.74, 6) is -2.13. The number of halogens is 1. The van der Waals surface area contributed by atoms with Gasteiger partial charge in [0.05, 0.1) is 5.92 Å². The van der Waals surface area contributed by atoms with Crippen LogP contribution in [0.3, 0.4) is 0 Å². The largest absolute Gasteiger partial charge is 0.481 e. The summed E-state index contributed by atoms with van der Waals surface area (Å²) >= 11 is 5.26. The van der Waals surface area contributed by atoms with Gasteiger partial charge in [0.2, 0.25) is 5.24 Å². The van der Waals surface area contributed by atoms with Crippen molar-refractivity contribution in [3.63, 3.8) is 0 Å². The summed E-state index contributed by atoms with van der Waals surface area (Å²) in [6.45, 7) is 3.50. The van der Waals surface area contributed by atoms with Crippen molar-refractivity contribution < 1.29 is 14.7 Å². The van der Waals surface area contributed by atoms with E-state index in [4.69, 9.17) is 16.7 Å². The molecule has 0 fully saturated rings. The van der Waals surface area contributed by atoms with E-state index in [1.54, 1.807) is 13.8 Å². The normalized spacial score (nSPS) is 15.2. The van der Waals surface area contributed by atoms with Crippen molar-refractivity contribution in [3.05, 3.63) is 0 Å². The second-order valence-electron chi connectivity index (χ2n) is 2.67. The number of hydrogen-bond acceptors (Lipinski definition) is 2. The van der Waals surface area contributed by atoms with E-state index < -0.39 is 23.0 Å². The lowest BCUT2D eigenvalue weighted by atomic mass is 9.89. The molecule has 0 aliphatic heterocycles. The number of aliphatic carboxylic acids is 1. The fourth-order valence-electron chi connectivity index (χ4n) is 1.23. The number of hydrogen-bond donors (Lipinski definition) is 1. The summed E-state index contributed by atoms with van der Waals surface area (Å²) in [6, 6.07) is 0. The van der Waals surface area contributed by atoms with Gasteiger partial charge in [-0.25, -0.2) is 0 Å². The smallest absolute Gasteiger partial charge is 0.307 e. The van der Waals surface area contributed by atoms with E-state index in [1.807, 2.05) is 0 Å². The molecule has 2 atom stereocenters. The molecule has 0 saturated heterocycles. The van der Waals surface area contributed by atoms with Crippen molar-refractivity contribution in [2.45, 2.75) is 26.7 Å². The lowest BCUT2D eigenvalue weighted by molar-refractivity contribution is -0.145. The molecule has 3 nitrogen and oxygen atoms in total. The van der Waals surface area contributed by atoms with Crippen LogP contribution in [0.15, 0.2) is 0 Å². The number of carboxylic acid groups (broad SMARTS) is 1. The van der Waals surface area contributed by atoms with Gasteiger partial charge >= 0.3 is 5.97 Å². The first-order chi connectivity index (χ1) is 5.54. The van der Waals surface area contributed by atoms with Crippen molar-refractivity contribution in [3.8, 4) is 0 Å². The molecule has 0 saturated carbocycles. The highest BCUT2D eigenvalue weighted by atomic mass is 35.5. The molecule has 0 heterocycles. The number of carboxylic acids is 1. The third kappa shape index (κ3) is 2.81. The number of rotatable bonds is 5. The van der Waals surface area contributed by atoms with Crippen molar-refractivity contribution in [1.82, 2.24) is 0 Å². The summed E-state index contributed by atoms with van der Waals surface area (Å²) < 4.78 is 0. The van der Waals surface area contributed by atoms with Crippen LogP contribution in [0.25, 0.3) is 0 Å². The van der Waals surface area contributed by atoms with Gasteiger partial charge in [-0.3, -0.25) is 9.59 Å². The third-order valence-corrected chi connectivity index (χ3v) is 2.25. The SMILES string of the molecule is CCC(C(=O)O)C(CC)C(=O)Cl. The van der Waals surface area contributed by atoms with Crippen LogP contribution in [-0.4, -0.2) is 16.3 Å². The van der Waals surface area contributed by atoms with Gasteiger partial charge < -0.3 is 5.11 Å². The van der Waals surface area contributed by atoms with Crippen LogP contribution >= 0.6 is 11.6 Å². The molecule has 70 valence electrons. The van der Waals surface area contributed by atoms with E-state index in [0.717, 1.165) is 0 Å². The van der Waals surface area contributed by atoms with Crippen LogP contribution in [0, 0.1) is 11.8 Å². The van der Waals surface area contributed by atoms with E-state index in [0.29, 0.717) is 12.8 Å². The molecule has 0 aromatic carbocycles. The Morgan fingerprint density at radius 3 is 1.75 bits per heavy atom. The van der Waals surface area contributed by atoms with Crippen LogP contribution in [0.2, 0.25) is 0 Å². The first-order valence-corrected chi connectivity index (χ1v) is 4.34. The molecule has 0 radical (unpaired) electrons. The van der Waals surface area contributed by atoms with E-state index >= 15 is 0 Å². The van der Waals surface area contributed by atoms with E-state index in [-0.39, 0.29) is 0 Å². The molecule has 0 amide bonds. The topological polar surface area (TPSA) is 54.4 Å². The van der Waals surface area contributed by atoms with Crippen LogP contribution in [0.5, 0.6) is 0 Å². The van der Waals surface area contributed by atoms with Crippen molar-refractivity contribution in [1.29, 1.82) is 0 Å². The molecule has 1 N–H and O–H groups in total. The van der Waals surface area contributed by atoms with Crippen LogP contribution < -0.4 is 0 Å². The summed E-state index contributed by atoms with van der Waals surface area (Å²) in [5.41, 5.74) is 0. The molecule has 0 spiro atoms. The Labute approximate surface area is 76.7 Å². The standard InChI is InChI=1S/C8H13ClO3/c1-3-5(7(9)10)6(4-2)8(11)12/h5-6H,3-4H2,1-2H3,(H,11,12). The van der Waals surface area contributed by atoms with E-state index in [2.05, 4.69) is 0 Å². The first kappa shape index (κ1) is 11.4. The summed E-state index contributed by atoms with van der Waals surface area (Å²) in [6.07, 6.45) is 0.916.